The van der Waals surface area contributed by atoms with Crippen molar-refractivity contribution < 1.29 is 4.79 Å². The number of hydrogen-bond acceptors (Lipinski definition) is 3. The number of para-hydroxylation sites is 1. The molecule has 1 aliphatic carbocycles. The first-order chi connectivity index (χ1) is 11.3. The maximum absolute atomic E-state index is 12.3. The standard InChI is InChI=1S/C18H17N3OS/c22-18(15-11-23-17-8-4-2-6-14(15)17)21-20-10-12-9-19-16-7-3-1-5-13(12)16/h1,3,5,7,9-11,19H,2,4,6,8H2,(H,21,22). The second-order valence-electron chi connectivity index (χ2n) is 5.75. The molecule has 2 N–H and O–H groups in total. The van der Waals surface area contributed by atoms with Gasteiger partial charge in [0, 0.05) is 32.9 Å². The normalized spacial score (nSPS) is 14.3. The molecule has 2 aromatic heterocycles. The van der Waals surface area contributed by atoms with Crippen LogP contribution in [0.5, 0.6) is 0 Å². The lowest BCUT2D eigenvalue weighted by atomic mass is 9.96. The second-order valence-corrected chi connectivity index (χ2v) is 6.71. The zero-order chi connectivity index (χ0) is 15.6. The van der Waals surface area contributed by atoms with Crippen LogP contribution in [0.25, 0.3) is 10.9 Å². The summed E-state index contributed by atoms with van der Waals surface area (Å²) in [5, 5.41) is 7.19. The van der Waals surface area contributed by atoms with Crippen LogP contribution in [0.1, 0.15) is 39.2 Å². The van der Waals surface area contributed by atoms with E-state index in [1.54, 1.807) is 17.6 Å². The van der Waals surface area contributed by atoms with Gasteiger partial charge in [0.1, 0.15) is 0 Å². The van der Waals surface area contributed by atoms with E-state index in [-0.39, 0.29) is 5.91 Å². The van der Waals surface area contributed by atoms with Crippen molar-refractivity contribution in [3.63, 3.8) is 0 Å². The number of benzene rings is 1. The third kappa shape index (κ3) is 2.68. The van der Waals surface area contributed by atoms with Crippen LogP contribution in [0.15, 0.2) is 40.9 Å². The Morgan fingerprint density at radius 2 is 2.13 bits per heavy atom. The monoisotopic (exact) mass is 323 g/mol. The Labute approximate surface area is 138 Å². The van der Waals surface area contributed by atoms with Gasteiger partial charge in [0.15, 0.2) is 0 Å². The van der Waals surface area contributed by atoms with Gasteiger partial charge in [0.2, 0.25) is 0 Å². The molecule has 2 heterocycles. The summed E-state index contributed by atoms with van der Waals surface area (Å²) in [5.41, 5.74) is 6.71. The maximum Gasteiger partial charge on any atom is 0.272 e. The molecule has 1 aliphatic rings. The molecule has 5 heteroatoms. The zero-order valence-corrected chi connectivity index (χ0v) is 13.5. The van der Waals surface area contributed by atoms with Gasteiger partial charge in [-0.15, -0.1) is 11.3 Å². The molecule has 0 saturated carbocycles. The van der Waals surface area contributed by atoms with E-state index in [1.165, 1.54) is 23.3 Å². The third-order valence-electron chi connectivity index (χ3n) is 4.30. The molecule has 23 heavy (non-hydrogen) atoms. The number of hydrogen-bond donors (Lipinski definition) is 2. The summed E-state index contributed by atoms with van der Waals surface area (Å²) in [5.74, 6) is -0.111. The number of thiophene rings is 1. The van der Waals surface area contributed by atoms with Gasteiger partial charge < -0.3 is 4.98 Å². The fraction of sp³-hybridized carbons (Fsp3) is 0.222. The first kappa shape index (κ1) is 14.2. The van der Waals surface area contributed by atoms with Crippen molar-refractivity contribution in [2.24, 2.45) is 5.10 Å². The van der Waals surface area contributed by atoms with Crippen LogP contribution in [-0.2, 0) is 12.8 Å². The number of carbonyl (C=O) groups excluding carboxylic acids is 1. The van der Waals surface area contributed by atoms with Crippen LogP contribution in [-0.4, -0.2) is 17.1 Å². The number of nitrogens with one attached hydrogen (secondary N) is 2. The molecule has 116 valence electrons. The summed E-state index contributed by atoms with van der Waals surface area (Å²) in [6, 6.07) is 8.03. The van der Waals surface area contributed by atoms with Crippen molar-refractivity contribution in [2.75, 3.05) is 0 Å². The molecule has 0 bridgehead atoms. The van der Waals surface area contributed by atoms with Crippen LogP contribution in [0.3, 0.4) is 0 Å². The Balaban J connectivity index is 1.50. The van der Waals surface area contributed by atoms with Gasteiger partial charge in [-0.3, -0.25) is 4.79 Å². The molecule has 1 amide bonds. The first-order valence-electron chi connectivity index (χ1n) is 7.81. The molecule has 0 atom stereocenters. The van der Waals surface area contributed by atoms with Gasteiger partial charge in [-0.1, -0.05) is 18.2 Å². The quantitative estimate of drug-likeness (QED) is 0.558. The Morgan fingerprint density at radius 3 is 3.09 bits per heavy atom. The minimum absolute atomic E-state index is 0.111. The Bertz CT molecular complexity index is 891. The zero-order valence-electron chi connectivity index (χ0n) is 12.6. The number of fused-ring (bicyclic) bond motifs is 2. The number of hydrazone groups is 1. The summed E-state index contributed by atoms with van der Waals surface area (Å²) in [4.78, 5) is 16.9. The van der Waals surface area contributed by atoms with E-state index in [0.29, 0.717) is 0 Å². The molecule has 0 fully saturated rings. The molecule has 0 unspecified atom stereocenters. The van der Waals surface area contributed by atoms with Crippen molar-refractivity contribution in [2.45, 2.75) is 25.7 Å². The second kappa shape index (κ2) is 6.01. The lowest BCUT2D eigenvalue weighted by Crippen LogP contribution is -2.19. The van der Waals surface area contributed by atoms with E-state index in [1.807, 2.05) is 35.8 Å². The molecule has 0 spiro atoms. The predicted molar refractivity (Wildman–Crippen MR) is 94.3 cm³/mol. The maximum atomic E-state index is 12.3. The van der Waals surface area contributed by atoms with Crippen molar-refractivity contribution in [1.29, 1.82) is 0 Å². The number of aryl methyl sites for hydroxylation is 1. The fourth-order valence-corrected chi connectivity index (χ4v) is 4.23. The van der Waals surface area contributed by atoms with E-state index in [2.05, 4.69) is 15.5 Å². The molecule has 0 radical (unpaired) electrons. The first-order valence-corrected chi connectivity index (χ1v) is 8.69. The third-order valence-corrected chi connectivity index (χ3v) is 5.39. The smallest absolute Gasteiger partial charge is 0.272 e. The average molecular weight is 323 g/mol. The number of nitrogens with zero attached hydrogens (tertiary/aromatic N) is 1. The molecule has 0 aliphatic heterocycles. The highest BCUT2D eigenvalue weighted by molar-refractivity contribution is 7.10. The van der Waals surface area contributed by atoms with Crippen LogP contribution in [0.4, 0.5) is 0 Å². The van der Waals surface area contributed by atoms with Crippen molar-refractivity contribution in [3.8, 4) is 0 Å². The minimum atomic E-state index is -0.111. The SMILES string of the molecule is O=C(NN=Cc1c[nH]c2ccccc12)c1csc2c1CCCC2. The van der Waals surface area contributed by atoms with Gasteiger partial charge in [0.05, 0.1) is 11.8 Å². The van der Waals surface area contributed by atoms with Gasteiger partial charge >= 0.3 is 0 Å². The lowest BCUT2D eigenvalue weighted by Gasteiger charge is -2.11. The molecule has 1 aromatic carbocycles. The van der Waals surface area contributed by atoms with Gasteiger partial charge in [-0.25, -0.2) is 5.43 Å². The highest BCUT2D eigenvalue weighted by atomic mass is 32.1. The van der Waals surface area contributed by atoms with E-state index in [0.717, 1.165) is 34.9 Å². The molecular formula is C18H17N3OS. The summed E-state index contributed by atoms with van der Waals surface area (Å²) in [6.45, 7) is 0. The topological polar surface area (TPSA) is 57.2 Å². The number of rotatable bonds is 3. The molecule has 4 nitrogen and oxygen atoms in total. The average Bonchev–Trinajstić information content (AvgIpc) is 3.19. The Morgan fingerprint density at radius 1 is 1.26 bits per heavy atom. The number of aromatic amines is 1. The van der Waals surface area contributed by atoms with Crippen molar-refractivity contribution in [3.05, 3.63) is 57.4 Å². The van der Waals surface area contributed by atoms with Gasteiger partial charge in [0.25, 0.3) is 5.91 Å². The lowest BCUT2D eigenvalue weighted by molar-refractivity contribution is 0.0954. The molecule has 0 saturated heterocycles. The van der Waals surface area contributed by atoms with Crippen LogP contribution < -0.4 is 5.43 Å². The summed E-state index contributed by atoms with van der Waals surface area (Å²) >= 11 is 1.70. The largest absolute Gasteiger partial charge is 0.361 e. The van der Waals surface area contributed by atoms with E-state index < -0.39 is 0 Å². The number of amides is 1. The minimum Gasteiger partial charge on any atom is -0.361 e. The van der Waals surface area contributed by atoms with Crippen molar-refractivity contribution >= 4 is 34.4 Å². The van der Waals surface area contributed by atoms with Crippen LogP contribution in [0, 0.1) is 0 Å². The van der Waals surface area contributed by atoms with Gasteiger partial charge in [-0.2, -0.15) is 5.10 Å². The Kier molecular flexibility index (Phi) is 3.71. The van der Waals surface area contributed by atoms with E-state index in [4.69, 9.17) is 0 Å². The van der Waals surface area contributed by atoms with Crippen LogP contribution in [0.2, 0.25) is 0 Å². The summed E-state index contributed by atoms with van der Waals surface area (Å²) in [6.07, 6.45) is 8.10. The fourth-order valence-electron chi connectivity index (χ4n) is 3.11. The summed E-state index contributed by atoms with van der Waals surface area (Å²) in [7, 11) is 0. The number of aromatic nitrogens is 1. The Hall–Kier alpha value is -2.40. The highest BCUT2D eigenvalue weighted by Gasteiger charge is 2.19. The predicted octanol–water partition coefficient (Wildman–Crippen LogP) is 3.87. The summed E-state index contributed by atoms with van der Waals surface area (Å²) < 4.78 is 0. The van der Waals surface area contributed by atoms with E-state index >= 15 is 0 Å². The molecular weight excluding hydrogens is 306 g/mol. The highest BCUT2D eigenvalue weighted by Crippen LogP contribution is 2.30. The van der Waals surface area contributed by atoms with Crippen LogP contribution >= 0.6 is 11.3 Å². The number of carbonyl (C=O) groups is 1. The molecule has 4 rings (SSSR count). The van der Waals surface area contributed by atoms with E-state index in [9.17, 15) is 4.79 Å². The molecule has 3 aromatic rings. The van der Waals surface area contributed by atoms with Gasteiger partial charge in [-0.05, 0) is 37.3 Å². The number of H-pyrrole nitrogens is 1. The van der Waals surface area contributed by atoms with Crippen molar-refractivity contribution in [1.82, 2.24) is 10.4 Å².